The van der Waals surface area contributed by atoms with E-state index in [-0.39, 0.29) is 17.6 Å². The number of hydrogen-bond acceptors (Lipinski definition) is 3. The van der Waals surface area contributed by atoms with Gasteiger partial charge < -0.3 is 10.2 Å². The van der Waals surface area contributed by atoms with Crippen LogP contribution in [-0.4, -0.2) is 42.8 Å². The smallest absolute Gasteiger partial charge is 0.225 e. The molecule has 0 aliphatic carbocycles. The Hall–Kier alpha value is -1.68. The molecule has 1 aromatic rings. The van der Waals surface area contributed by atoms with Gasteiger partial charge in [0.1, 0.15) is 0 Å². The first-order valence-electron chi connectivity index (χ1n) is 8.34. The molecule has 0 aromatic heterocycles. The van der Waals surface area contributed by atoms with Crippen molar-refractivity contribution in [2.75, 3.05) is 26.2 Å². The predicted molar refractivity (Wildman–Crippen MR) is 85.7 cm³/mol. The molecule has 1 aromatic carbocycles. The van der Waals surface area contributed by atoms with Crippen LogP contribution in [0.2, 0.25) is 0 Å². The zero-order chi connectivity index (χ0) is 15.4. The average molecular weight is 300 g/mol. The molecule has 0 unspecified atom stereocenters. The Bertz CT molecular complexity index is 515. The SMILES string of the molecule is O=C(c1ccccc1)C1CCN(C(=O)C2CCNCC2)CC1. The van der Waals surface area contributed by atoms with Crippen molar-refractivity contribution in [3.8, 4) is 0 Å². The number of benzene rings is 1. The van der Waals surface area contributed by atoms with Gasteiger partial charge in [-0.1, -0.05) is 30.3 Å². The Morgan fingerprint density at radius 3 is 2.18 bits per heavy atom. The van der Waals surface area contributed by atoms with E-state index in [0.717, 1.165) is 57.4 Å². The van der Waals surface area contributed by atoms with Gasteiger partial charge in [-0.05, 0) is 38.8 Å². The molecule has 118 valence electrons. The first-order chi connectivity index (χ1) is 10.8. The second-order valence-corrected chi connectivity index (χ2v) is 6.35. The zero-order valence-corrected chi connectivity index (χ0v) is 13.0. The number of carbonyl (C=O) groups excluding carboxylic acids is 2. The fourth-order valence-corrected chi connectivity index (χ4v) is 3.53. The van der Waals surface area contributed by atoms with Gasteiger partial charge in [0.25, 0.3) is 0 Å². The van der Waals surface area contributed by atoms with Crippen LogP contribution in [0.3, 0.4) is 0 Å². The van der Waals surface area contributed by atoms with Crippen molar-refractivity contribution in [1.82, 2.24) is 10.2 Å². The van der Waals surface area contributed by atoms with Gasteiger partial charge in [-0.15, -0.1) is 0 Å². The monoisotopic (exact) mass is 300 g/mol. The summed E-state index contributed by atoms with van der Waals surface area (Å²) in [6, 6.07) is 9.51. The number of rotatable bonds is 3. The lowest BCUT2D eigenvalue weighted by Crippen LogP contribution is -2.45. The molecule has 1 N–H and O–H groups in total. The van der Waals surface area contributed by atoms with E-state index in [1.165, 1.54) is 0 Å². The minimum atomic E-state index is 0.0690. The second-order valence-electron chi connectivity index (χ2n) is 6.35. The fraction of sp³-hybridized carbons (Fsp3) is 0.556. The molecule has 0 saturated carbocycles. The van der Waals surface area contributed by atoms with Gasteiger partial charge >= 0.3 is 0 Å². The molecular formula is C18H24N2O2. The summed E-state index contributed by atoms with van der Waals surface area (Å²) >= 11 is 0. The summed E-state index contributed by atoms with van der Waals surface area (Å²) in [5.41, 5.74) is 0.797. The molecule has 0 atom stereocenters. The molecule has 4 nitrogen and oxygen atoms in total. The minimum absolute atomic E-state index is 0.0690. The molecule has 3 rings (SSSR count). The second kappa shape index (κ2) is 7.05. The van der Waals surface area contributed by atoms with Crippen molar-refractivity contribution in [1.29, 1.82) is 0 Å². The highest BCUT2D eigenvalue weighted by Crippen LogP contribution is 2.24. The third-order valence-corrected chi connectivity index (χ3v) is 4.92. The molecule has 2 aliphatic rings. The molecule has 2 aliphatic heterocycles. The number of amides is 1. The highest BCUT2D eigenvalue weighted by atomic mass is 16.2. The van der Waals surface area contributed by atoms with Crippen molar-refractivity contribution < 1.29 is 9.59 Å². The maximum Gasteiger partial charge on any atom is 0.225 e. The lowest BCUT2D eigenvalue weighted by atomic mass is 9.88. The number of nitrogens with one attached hydrogen (secondary N) is 1. The van der Waals surface area contributed by atoms with E-state index in [2.05, 4.69) is 5.32 Å². The third kappa shape index (κ3) is 3.38. The van der Waals surface area contributed by atoms with Crippen LogP contribution in [0, 0.1) is 11.8 Å². The molecule has 1 amide bonds. The van der Waals surface area contributed by atoms with E-state index in [1.807, 2.05) is 35.2 Å². The summed E-state index contributed by atoms with van der Waals surface area (Å²) in [7, 11) is 0. The number of likely N-dealkylation sites (tertiary alicyclic amines) is 1. The van der Waals surface area contributed by atoms with Crippen molar-refractivity contribution in [2.45, 2.75) is 25.7 Å². The fourth-order valence-electron chi connectivity index (χ4n) is 3.53. The lowest BCUT2D eigenvalue weighted by Gasteiger charge is -2.34. The minimum Gasteiger partial charge on any atom is -0.342 e. The van der Waals surface area contributed by atoms with Gasteiger partial charge in [-0.2, -0.15) is 0 Å². The Balaban J connectivity index is 1.54. The quantitative estimate of drug-likeness (QED) is 0.870. The molecule has 2 saturated heterocycles. The first-order valence-corrected chi connectivity index (χ1v) is 8.34. The highest BCUT2D eigenvalue weighted by Gasteiger charge is 2.31. The topological polar surface area (TPSA) is 49.4 Å². The summed E-state index contributed by atoms with van der Waals surface area (Å²) in [6.45, 7) is 3.34. The predicted octanol–water partition coefficient (Wildman–Crippen LogP) is 2.11. The Kier molecular flexibility index (Phi) is 4.88. The number of nitrogens with zero attached hydrogens (tertiary/aromatic N) is 1. The molecule has 2 fully saturated rings. The Labute approximate surface area is 131 Å². The van der Waals surface area contributed by atoms with Crippen LogP contribution in [0.25, 0.3) is 0 Å². The standard InChI is InChI=1S/C18H24N2O2/c21-17(14-4-2-1-3-5-14)15-8-12-20(13-9-15)18(22)16-6-10-19-11-7-16/h1-5,15-16,19H,6-13H2. The zero-order valence-electron chi connectivity index (χ0n) is 13.0. The maximum atomic E-state index is 12.5. The summed E-state index contributed by atoms with van der Waals surface area (Å²) in [5, 5.41) is 3.30. The normalized spacial score (nSPS) is 20.8. The van der Waals surface area contributed by atoms with E-state index < -0.39 is 0 Å². The van der Waals surface area contributed by atoms with Crippen molar-refractivity contribution in [3.05, 3.63) is 35.9 Å². The van der Waals surface area contributed by atoms with Gasteiger partial charge in [-0.3, -0.25) is 9.59 Å². The number of ketones is 1. The van der Waals surface area contributed by atoms with Crippen LogP contribution < -0.4 is 5.32 Å². The van der Waals surface area contributed by atoms with E-state index in [1.54, 1.807) is 0 Å². The molecule has 22 heavy (non-hydrogen) atoms. The van der Waals surface area contributed by atoms with Crippen LogP contribution in [0.1, 0.15) is 36.0 Å². The van der Waals surface area contributed by atoms with Gasteiger partial charge in [-0.25, -0.2) is 0 Å². The number of piperidine rings is 2. The Morgan fingerprint density at radius 2 is 1.55 bits per heavy atom. The number of carbonyl (C=O) groups is 2. The third-order valence-electron chi connectivity index (χ3n) is 4.92. The number of hydrogen-bond donors (Lipinski definition) is 1. The van der Waals surface area contributed by atoms with E-state index in [0.29, 0.717) is 5.91 Å². The van der Waals surface area contributed by atoms with E-state index >= 15 is 0 Å². The molecule has 0 spiro atoms. The molecule has 2 heterocycles. The van der Waals surface area contributed by atoms with Gasteiger partial charge in [0, 0.05) is 30.5 Å². The van der Waals surface area contributed by atoms with Crippen LogP contribution in [0.15, 0.2) is 30.3 Å². The molecule has 0 bridgehead atoms. The summed E-state index contributed by atoms with van der Waals surface area (Å²) in [4.78, 5) is 27.0. The van der Waals surface area contributed by atoms with Crippen molar-refractivity contribution in [3.63, 3.8) is 0 Å². The van der Waals surface area contributed by atoms with Crippen molar-refractivity contribution in [2.24, 2.45) is 11.8 Å². The average Bonchev–Trinajstić information content (AvgIpc) is 2.62. The summed E-state index contributed by atoms with van der Waals surface area (Å²) in [6.07, 6.45) is 3.48. The largest absolute Gasteiger partial charge is 0.342 e. The molecule has 0 radical (unpaired) electrons. The van der Waals surface area contributed by atoms with Crippen molar-refractivity contribution >= 4 is 11.7 Å². The molecule has 4 heteroatoms. The summed E-state index contributed by atoms with van der Waals surface area (Å²) in [5.74, 6) is 0.781. The van der Waals surface area contributed by atoms with Crippen LogP contribution in [0.5, 0.6) is 0 Å². The molecular weight excluding hydrogens is 276 g/mol. The van der Waals surface area contributed by atoms with Gasteiger partial charge in [0.2, 0.25) is 5.91 Å². The van der Waals surface area contributed by atoms with E-state index in [4.69, 9.17) is 0 Å². The van der Waals surface area contributed by atoms with Crippen LogP contribution in [0.4, 0.5) is 0 Å². The highest BCUT2D eigenvalue weighted by molar-refractivity contribution is 5.98. The van der Waals surface area contributed by atoms with Gasteiger partial charge in [0.15, 0.2) is 5.78 Å². The van der Waals surface area contributed by atoms with E-state index in [9.17, 15) is 9.59 Å². The summed E-state index contributed by atoms with van der Waals surface area (Å²) < 4.78 is 0. The van der Waals surface area contributed by atoms with Gasteiger partial charge in [0.05, 0.1) is 0 Å². The van der Waals surface area contributed by atoms with Crippen LogP contribution >= 0.6 is 0 Å². The lowest BCUT2D eigenvalue weighted by molar-refractivity contribution is -0.137. The maximum absolute atomic E-state index is 12.5. The Morgan fingerprint density at radius 1 is 0.909 bits per heavy atom. The van der Waals surface area contributed by atoms with Crippen LogP contribution in [-0.2, 0) is 4.79 Å². The number of Topliss-reactive ketones (excluding diaryl/α,β-unsaturated/α-hetero) is 1. The first kappa shape index (κ1) is 15.2.